The molecule has 5 nitrogen and oxygen atoms in total. The number of aryl methyl sites for hydroxylation is 1. The monoisotopic (exact) mass is 341 g/mol. The molecule has 0 amide bonds. The van der Waals surface area contributed by atoms with Crippen molar-refractivity contribution in [3.63, 3.8) is 0 Å². The predicted molar refractivity (Wildman–Crippen MR) is 81.3 cm³/mol. The normalized spacial score (nSPS) is 12.0. The van der Waals surface area contributed by atoms with Gasteiger partial charge in [0.1, 0.15) is 11.0 Å². The molecule has 0 saturated heterocycles. The Kier molecular flexibility index (Phi) is 3.39. The molecule has 2 aromatic carbocycles. The Balaban J connectivity index is 2.22. The fourth-order valence-corrected chi connectivity index (χ4v) is 3.53. The van der Waals surface area contributed by atoms with Gasteiger partial charge in [-0.25, -0.2) is 0 Å². The maximum atomic E-state index is 12.6. The predicted octanol–water partition coefficient (Wildman–Crippen LogP) is 3.28. The van der Waals surface area contributed by atoms with Crippen molar-refractivity contribution >= 4 is 44.3 Å². The Bertz CT molecular complexity index is 951. The molecule has 0 saturated carbocycles. The fraction of sp³-hybridized carbons (Fsp3) is 0.0769. The van der Waals surface area contributed by atoms with Crippen molar-refractivity contribution in [3.05, 3.63) is 52.0 Å². The molecule has 8 heteroatoms. The maximum absolute atomic E-state index is 12.6. The van der Waals surface area contributed by atoms with E-state index in [1.165, 1.54) is 12.1 Å². The molecule has 108 valence electrons. The molecule has 3 aromatic rings. The van der Waals surface area contributed by atoms with E-state index in [0.717, 1.165) is 4.09 Å². The molecular weight excluding hydrogens is 333 g/mol. The van der Waals surface area contributed by atoms with Gasteiger partial charge in [-0.15, -0.1) is 9.19 Å². The largest absolute Gasteiger partial charge is 0.284 e. The highest BCUT2D eigenvalue weighted by Gasteiger charge is 2.22. The first-order valence-electron chi connectivity index (χ1n) is 5.92. The van der Waals surface area contributed by atoms with Gasteiger partial charge in [0.15, 0.2) is 0 Å². The first kappa shape index (κ1) is 14.3. The zero-order chi connectivity index (χ0) is 15.2. The number of hydrogen-bond acceptors (Lipinski definition) is 4. The van der Waals surface area contributed by atoms with E-state index in [1.54, 1.807) is 31.2 Å². The van der Waals surface area contributed by atoms with Gasteiger partial charge in [0.25, 0.3) is 10.0 Å². The molecule has 0 N–H and O–H groups in total. The Morgan fingerprint density at radius 2 is 1.86 bits per heavy atom. The van der Waals surface area contributed by atoms with Gasteiger partial charge in [-0.3, -0.25) is 0 Å². The average molecular weight is 342 g/mol. The summed E-state index contributed by atoms with van der Waals surface area (Å²) in [4.78, 5) is 0.103. The number of rotatable bonds is 2. The lowest BCUT2D eigenvalue weighted by Crippen LogP contribution is -2.14. The molecule has 0 aliphatic carbocycles. The summed E-state index contributed by atoms with van der Waals surface area (Å²) < 4.78 is 26.2. The summed E-state index contributed by atoms with van der Waals surface area (Å²) in [6.07, 6.45) is 0. The van der Waals surface area contributed by atoms with Crippen LogP contribution in [0.3, 0.4) is 0 Å². The standard InChI is InChI=1S/C13H9Cl2N3O2S/c1-8-6-10(3-4-11(8)15)21(19,20)18-13-5-2-9(14)7-12(13)16-17-18/h2-7H,1H3. The van der Waals surface area contributed by atoms with Crippen molar-refractivity contribution in [2.45, 2.75) is 11.8 Å². The van der Waals surface area contributed by atoms with Gasteiger partial charge in [-0.05, 0) is 48.9 Å². The van der Waals surface area contributed by atoms with E-state index in [9.17, 15) is 8.42 Å². The number of aromatic nitrogens is 3. The highest BCUT2D eigenvalue weighted by molar-refractivity contribution is 7.90. The number of halogens is 2. The van der Waals surface area contributed by atoms with Crippen LogP contribution in [-0.2, 0) is 10.0 Å². The number of nitrogens with zero attached hydrogens (tertiary/aromatic N) is 3. The third kappa shape index (κ3) is 2.39. The minimum atomic E-state index is -3.83. The van der Waals surface area contributed by atoms with E-state index in [2.05, 4.69) is 10.3 Å². The highest BCUT2D eigenvalue weighted by Crippen LogP contribution is 2.24. The van der Waals surface area contributed by atoms with Crippen molar-refractivity contribution in [2.24, 2.45) is 0 Å². The second kappa shape index (κ2) is 4.98. The van der Waals surface area contributed by atoms with Gasteiger partial charge in [0.05, 0.1) is 4.90 Å². The summed E-state index contributed by atoms with van der Waals surface area (Å²) in [7, 11) is -3.83. The molecule has 0 atom stereocenters. The van der Waals surface area contributed by atoms with E-state index in [4.69, 9.17) is 23.2 Å². The molecule has 3 rings (SSSR count). The van der Waals surface area contributed by atoms with Gasteiger partial charge in [0.2, 0.25) is 0 Å². The lowest BCUT2D eigenvalue weighted by molar-refractivity contribution is 0.579. The van der Waals surface area contributed by atoms with Gasteiger partial charge >= 0.3 is 0 Å². The Morgan fingerprint density at radius 1 is 1.10 bits per heavy atom. The lowest BCUT2D eigenvalue weighted by atomic mass is 10.2. The van der Waals surface area contributed by atoms with Gasteiger partial charge in [-0.1, -0.05) is 28.4 Å². The zero-order valence-electron chi connectivity index (χ0n) is 10.8. The third-order valence-electron chi connectivity index (χ3n) is 3.03. The topological polar surface area (TPSA) is 64.8 Å². The smallest absolute Gasteiger partial charge is 0.199 e. The Hall–Kier alpha value is -1.63. The van der Waals surface area contributed by atoms with Gasteiger partial charge in [-0.2, -0.15) is 8.42 Å². The average Bonchev–Trinajstić information content (AvgIpc) is 2.85. The first-order chi connectivity index (χ1) is 9.89. The molecule has 0 radical (unpaired) electrons. The van der Waals surface area contributed by atoms with E-state index in [1.807, 2.05) is 0 Å². The molecule has 1 heterocycles. The zero-order valence-corrected chi connectivity index (χ0v) is 13.1. The van der Waals surface area contributed by atoms with Gasteiger partial charge < -0.3 is 0 Å². The van der Waals surface area contributed by atoms with Crippen LogP contribution in [0.15, 0.2) is 41.3 Å². The number of fused-ring (bicyclic) bond motifs is 1. The van der Waals surface area contributed by atoms with E-state index in [0.29, 0.717) is 26.6 Å². The molecule has 0 aliphatic rings. The molecule has 0 aliphatic heterocycles. The summed E-state index contributed by atoms with van der Waals surface area (Å²) in [5.41, 5.74) is 1.45. The molecule has 1 aromatic heterocycles. The second-order valence-electron chi connectivity index (χ2n) is 4.48. The summed E-state index contributed by atoms with van der Waals surface area (Å²) in [6.45, 7) is 1.74. The van der Waals surface area contributed by atoms with Crippen LogP contribution in [0, 0.1) is 6.92 Å². The van der Waals surface area contributed by atoms with Gasteiger partial charge in [0, 0.05) is 10.0 Å². The van der Waals surface area contributed by atoms with Crippen LogP contribution in [0.5, 0.6) is 0 Å². The number of hydrogen-bond donors (Lipinski definition) is 0. The third-order valence-corrected chi connectivity index (χ3v) is 5.27. The van der Waals surface area contributed by atoms with Crippen LogP contribution < -0.4 is 0 Å². The van der Waals surface area contributed by atoms with Crippen molar-refractivity contribution < 1.29 is 8.42 Å². The Labute approximate surface area is 131 Å². The fourth-order valence-electron chi connectivity index (χ4n) is 1.93. The Morgan fingerprint density at radius 3 is 2.57 bits per heavy atom. The van der Waals surface area contributed by atoms with Crippen LogP contribution in [0.1, 0.15) is 5.56 Å². The number of benzene rings is 2. The van der Waals surface area contributed by atoms with Crippen LogP contribution in [0.4, 0.5) is 0 Å². The van der Waals surface area contributed by atoms with E-state index in [-0.39, 0.29) is 4.90 Å². The molecule has 0 spiro atoms. The quantitative estimate of drug-likeness (QED) is 0.717. The van der Waals surface area contributed by atoms with Crippen LogP contribution >= 0.6 is 23.2 Å². The molecular formula is C13H9Cl2N3O2S. The molecule has 0 bridgehead atoms. The molecule has 0 fully saturated rings. The minimum Gasteiger partial charge on any atom is -0.199 e. The van der Waals surface area contributed by atoms with Crippen LogP contribution in [0.25, 0.3) is 11.0 Å². The highest BCUT2D eigenvalue weighted by atomic mass is 35.5. The molecule has 0 unspecified atom stereocenters. The first-order valence-corrected chi connectivity index (χ1v) is 8.12. The SMILES string of the molecule is Cc1cc(S(=O)(=O)n2nnc3cc(Cl)ccc32)ccc1Cl. The van der Waals surface area contributed by atoms with Crippen molar-refractivity contribution in [2.75, 3.05) is 0 Å². The van der Waals surface area contributed by atoms with Crippen molar-refractivity contribution in [3.8, 4) is 0 Å². The van der Waals surface area contributed by atoms with E-state index < -0.39 is 10.0 Å². The van der Waals surface area contributed by atoms with Crippen molar-refractivity contribution in [1.29, 1.82) is 0 Å². The second-order valence-corrected chi connectivity index (χ2v) is 7.09. The van der Waals surface area contributed by atoms with E-state index >= 15 is 0 Å². The van der Waals surface area contributed by atoms with Crippen LogP contribution in [-0.4, -0.2) is 22.8 Å². The summed E-state index contributed by atoms with van der Waals surface area (Å²) in [6, 6.07) is 9.20. The summed E-state index contributed by atoms with van der Waals surface area (Å²) >= 11 is 11.8. The summed E-state index contributed by atoms with van der Waals surface area (Å²) in [5.74, 6) is 0. The van der Waals surface area contributed by atoms with Crippen LogP contribution in [0.2, 0.25) is 10.0 Å². The lowest BCUT2D eigenvalue weighted by Gasteiger charge is -2.06. The summed E-state index contributed by atoms with van der Waals surface area (Å²) in [5, 5.41) is 8.53. The maximum Gasteiger partial charge on any atom is 0.284 e. The minimum absolute atomic E-state index is 0.103. The van der Waals surface area contributed by atoms with Crippen molar-refractivity contribution in [1.82, 2.24) is 14.4 Å². The molecule has 21 heavy (non-hydrogen) atoms.